The van der Waals surface area contributed by atoms with Crippen LogP contribution in [0.4, 0.5) is 0 Å². The topological polar surface area (TPSA) is 214 Å². The Balaban J connectivity index is 1.74. The van der Waals surface area contributed by atoms with E-state index >= 15 is 0 Å². The molecule has 0 amide bonds. The van der Waals surface area contributed by atoms with Gasteiger partial charge in [-0.25, -0.2) is 0 Å². The third-order valence-corrected chi connectivity index (χ3v) is 12.9. The van der Waals surface area contributed by atoms with Crippen LogP contribution in [-0.4, -0.2) is 142 Å². The van der Waals surface area contributed by atoms with E-state index in [1.54, 1.807) is 0 Å². The number of rotatable bonds is 44. The molecule has 0 radical (unpaired) electrons. The second kappa shape index (κ2) is 45.4. The van der Waals surface area contributed by atoms with Gasteiger partial charge in [0.25, 0.3) is 0 Å². The number of carbonyl (C=O) groups excluding carboxylic acids is 1. The van der Waals surface area contributed by atoms with Gasteiger partial charge in [-0.1, -0.05) is 189 Å². The van der Waals surface area contributed by atoms with Crippen molar-refractivity contribution in [1.82, 2.24) is 0 Å². The third kappa shape index (κ3) is 32.4. The van der Waals surface area contributed by atoms with Gasteiger partial charge in [0.15, 0.2) is 12.6 Å². The lowest BCUT2D eigenvalue weighted by atomic mass is 9.98. The second-order valence-corrected chi connectivity index (χ2v) is 19.4. The van der Waals surface area contributed by atoms with Gasteiger partial charge in [0.1, 0.15) is 54.9 Å². The Kier molecular flexibility index (Phi) is 41.2. The van der Waals surface area contributed by atoms with Crippen LogP contribution in [0, 0.1) is 0 Å². The van der Waals surface area contributed by atoms with E-state index in [2.05, 4.69) is 98.9 Å². The summed E-state index contributed by atoms with van der Waals surface area (Å²) in [5.74, 6) is -0.409. The zero-order valence-electron chi connectivity index (χ0n) is 44.8. The number of carbonyl (C=O) groups is 1. The van der Waals surface area contributed by atoms with Crippen molar-refractivity contribution in [3.8, 4) is 0 Å². The molecule has 2 saturated heterocycles. The van der Waals surface area contributed by atoms with Crippen molar-refractivity contribution in [3.05, 3.63) is 85.1 Å². The summed E-state index contributed by atoms with van der Waals surface area (Å²) in [6.07, 6.45) is 42.1. The van der Waals surface area contributed by atoms with E-state index < -0.39 is 86.7 Å². The van der Waals surface area contributed by atoms with Crippen LogP contribution in [0.2, 0.25) is 0 Å². The van der Waals surface area contributed by atoms with E-state index in [4.69, 9.17) is 28.4 Å². The average Bonchev–Trinajstić information content (AvgIpc) is 3.39. The molecule has 11 atom stereocenters. The van der Waals surface area contributed by atoms with Gasteiger partial charge in [0.2, 0.25) is 0 Å². The van der Waals surface area contributed by atoms with E-state index in [9.17, 15) is 40.5 Å². The van der Waals surface area contributed by atoms with Gasteiger partial charge >= 0.3 is 5.97 Å². The van der Waals surface area contributed by atoms with Crippen LogP contribution in [0.15, 0.2) is 85.1 Å². The molecule has 0 aliphatic carbocycles. The third-order valence-electron chi connectivity index (χ3n) is 12.9. The highest BCUT2D eigenvalue weighted by atomic mass is 16.7. The minimum absolute atomic E-state index is 0.0450. The standard InChI is InChI=1S/C59H100O14/c1-3-5-7-9-11-13-15-17-19-20-21-22-23-24-25-26-27-28-29-30-32-34-36-38-40-42-51(61)71-48(45-68-43-41-39-37-35-33-31-18-16-14-12-10-8-6-4-2)46-69-58-57(67)55(65)53(63)50(73-58)47-70-59-56(66)54(64)52(62)49(44-60)72-59/h5,7,11,13,17,19,21-22,24-25,27-28,30,32,48-50,52-60,62-67H,3-4,6,8-10,12,14-16,18,20,23,26,29,31,33-47H2,1-2H3/b7-5-,13-11-,19-17-,22-21-,25-24-,28-27-,32-30-. The van der Waals surface area contributed by atoms with Gasteiger partial charge < -0.3 is 64.2 Å². The maximum atomic E-state index is 13.0. The quantitative estimate of drug-likeness (QED) is 0.0172. The Hall–Kier alpha value is -2.83. The molecule has 0 aromatic carbocycles. The first-order chi connectivity index (χ1) is 35.6. The summed E-state index contributed by atoms with van der Waals surface area (Å²) in [4.78, 5) is 13.0. The largest absolute Gasteiger partial charge is 0.457 e. The van der Waals surface area contributed by atoms with E-state index in [1.165, 1.54) is 70.6 Å². The zero-order chi connectivity index (χ0) is 53.0. The molecule has 2 rings (SSSR count). The number of ether oxygens (including phenoxy) is 6. The van der Waals surface area contributed by atoms with E-state index in [0.717, 1.165) is 83.5 Å². The summed E-state index contributed by atoms with van der Waals surface area (Å²) in [7, 11) is 0. The average molecular weight is 1030 g/mol. The molecule has 73 heavy (non-hydrogen) atoms. The van der Waals surface area contributed by atoms with Crippen molar-refractivity contribution in [3.63, 3.8) is 0 Å². The maximum Gasteiger partial charge on any atom is 0.306 e. The normalized spacial score (nSPS) is 25.6. The van der Waals surface area contributed by atoms with Crippen molar-refractivity contribution in [2.75, 3.05) is 33.0 Å². The SMILES string of the molecule is CC/C=C\C/C=C\C/C=C\C/C=C\C/C=C\C/C=C\C/C=C\CCCCCC(=O)OC(COCCCCCCCCCCCCCCCC)COC1OC(COC2OC(CO)C(O)C(O)C2O)C(O)C(O)C1O. The molecule has 0 spiro atoms. The Bertz CT molecular complexity index is 1530. The van der Waals surface area contributed by atoms with Crippen LogP contribution < -0.4 is 0 Å². The monoisotopic (exact) mass is 1030 g/mol. The number of unbranched alkanes of at least 4 members (excludes halogenated alkanes) is 16. The number of hydrogen-bond donors (Lipinski definition) is 7. The van der Waals surface area contributed by atoms with Crippen molar-refractivity contribution in [1.29, 1.82) is 0 Å². The highest BCUT2D eigenvalue weighted by Gasteiger charge is 2.47. The van der Waals surface area contributed by atoms with Crippen LogP contribution in [0.3, 0.4) is 0 Å². The molecule has 0 aromatic heterocycles. The number of esters is 1. The Morgan fingerprint density at radius 1 is 0.466 bits per heavy atom. The van der Waals surface area contributed by atoms with E-state index in [-0.39, 0.29) is 19.6 Å². The first-order valence-corrected chi connectivity index (χ1v) is 28.2. The summed E-state index contributed by atoms with van der Waals surface area (Å²) in [5, 5.41) is 72.3. The van der Waals surface area contributed by atoms with Crippen LogP contribution in [0.25, 0.3) is 0 Å². The molecule has 7 N–H and O–H groups in total. The lowest BCUT2D eigenvalue weighted by molar-refractivity contribution is -0.332. The number of aliphatic hydroxyl groups is 7. The van der Waals surface area contributed by atoms with E-state index in [0.29, 0.717) is 13.0 Å². The number of hydrogen-bond acceptors (Lipinski definition) is 14. The summed E-state index contributed by atoms with van der Waals surface area (Å²) < 4.78 is 34.3. The predicted molar refractivity (Wildman–Crippen MR) is 288 cm³/mol. The Labute approximate surface area is 439 Å². The summed E-state index contributed by atoms with van der Waals surface area (Å²) in [6.45, 7) is 3.53. The van der Waals surface area contributed by atoms with Crippen LogP contribution in [0.5, 0.6) is 0 Å². The first kappa shape index (κ1) is 66.3. The smallest absolute Gasteiger partial charge is 0.306 e. The molecule has 11 unspecified atom stereocenters. The van der Waals surface area contributed by atoms with Gasteiger partial charge in [-0.2, -0.15) is 0 Å². The molecule has 0 saturated carbocycles. The lowest BCUT2D eigenvalue weighted by Crippen LogP contribution is -2.61. The maximum absolute atomic E-state index is 13.0. The Morgan fingerprint density at radius 3 is 1.38 bits per heavy atom. The van der Waals surface area contributed by atoms with Crippen LogP contribution in [-0.2, 0) is 33.2 Å². The van der Waals surface area contributed by atoms with Crippen LogP contribution in [0.1, 0.15) is 181 Å². The van der Waals surface area contributed by atoms with Crippen molar-refractivity contribution < 1.29 is 69.0 Å². The summed E-state index contributed by atoms with van der Waals surface area (Å²) in [5.41, 5.74) is 0. The second-order valence-electron chi connectivity index (χ2n) is 19.4. The van der Waals surface area contributed by atoms with Gasteiger partial charge in [-0.05, 0) is 70.6 Å². The fourth-order valence-corrected chi connectivity index (χ4v) is 8.38. The fraction of sp³-hybridized carbons (Fsp3) is 0.746. The lowest BCUT2D eigenvalue weighted by Gasteiger charge is -2.42. The van der Waals surface area contributed by atoms with E-state index in [1.807, 2.05) is 0 Å². The highest BCUT2D eigenvalue weighted by molar-refractivity contribution is 5.69. The molecule has 2 aliphatic heterocycles. The molecule has 0 aromatic rings. The molecule has 2 fully saturated rings. The van der Waals surface area contributed by atoms with Crippen molar-refractivity contribution in [2.45, 2.75) is 248 Å². The van der Waals surface area contributed by atoms with Crippen molar-refractivity contribution in [2.24, 2.45) is 0 Å². The molecule has 14 heteroatoms. The molecule has 2 heterocycles. The number of aliphatic hydroxyl groups excluding tert-OH is 7. The minimum Gasteiger partial charge on any atom is -0.457 e. The molecule has 2 aliphatic rings. The molecular formula is C59H100O14. The number of allylic oxidation sites excluding steroid dienone is 14. The van der Waals surface area contributed by atoms with Gasteiger partial charge in [0.05, 0.1) is 26.4 Å². The minimum atomic E-state index is -1.72. The molecular weight excluding hydrogens is 933 g/mol. The fourth-order valence-electron chi connectivity index (χ4n) is 8.38. The zero-order valence-corrected chi connectivity index (χ0v) is 44.8. The molecule has 14 nitrogen and oxygen atoms in total. The first-order valence-electron chi connectivity index (χ1n) is 28.2. The van der Waals surface area contributed by atoms with Crippen LogP contribution >= 0.6 is 0 Å². The highest BCUT2D eigenvalue weighted by Crippen LogP contribution is 2.26. The van der Waals surface area contributed by atoms with Gasteiger partial charge in [0, 0.05) is 13.0 Å². The Morgan fingerprint density at radius 2 is 0.890 bits per heavy atom. The summed E-state index contributed by atoms with van der Waals surface area (Å²) in [6, 6.07) is 0. The van der Waals surface area contributed by atoms with Gasteiger partial charge in [-0.3, -0.25) is 4.79 Å². The predicted octanol–water partition coefficient (Wildman–Crippen LogP) is 9.63. The molecule has 0 bridgehead atoms. The van der Waals surface area contributed by atoms with Gasteiger partial charge in [-0.15, -0.1) is 0 Å². The molecule has 420 valence electrons. The van der Waals surface area contributed by atoms with Crippen molar-refractivity contribution >= 4 is 5.97 Å². The summed E-state index contributed by atoms with van der Waals surface area (Å²) >= 11 is 0.